The van der Waals surface area contributed by atoms with Gasteiger partial charge in [0.1, 0.15) is 0 Å². The number of hydrogen-bond donors (Lipinski definition) is 3. The highest BCUT2D eigenvalue weighted by Gasteiger charge is 2.38. The molecule has 1 saturated carbocycles. The third-order valence-corrected chi connectivity index (χ3v) is 6.27. The lowest BCUT2D eigenvalue weighted by molar-refractivity contribution is 0.244. The molecule has 26 heavy (non-hydrogen) atoms. The Kier molecular flexibility index (Phi) is 9.88. The highest BCUT2D eigenvalue weighted by atomic mass is 127. The quantitative estimate of drug-likeness (QED) is 0.213. The van der Waals surface area contributed by atoms with E-state index in [2.05, 4.69) is 50.7 Å². The molecule has 8 heteroatoms. The molecular formula is C18H31IN4O2S. The Labute approximate surface area is 174 Å². The number of sulfonamides is 1. The van der Waals surface area contributed by atoms with Crippen molar-refractivity contribution in [1.29, 1.82) is 0 Å². The molecule has 1 aromatic carbocycles. The summed E-state index contributed by atoms with van der Waals surface area (Å²) in [7, 11) is -1.35. The maximum absolute atomic E-state index is 11.4. The monoisotopic (exact) mass is 494 g/mol. The lowest BCUT2D eigenvalue weighted by Gasteiger charge is -2.43. The second-order valence-corrected chi connectivity index (χ2v) is 8.60. The van der Waals surface area contributed by atoms with Crippen LogP contribution in [0.5, 0.6) is 0 Å². The molecule has 0 amide bonds. The average Bonchev–Trinajstić information content (AvgIpc) is 2.59. The molecule has 2 rings (SSSR count). The Hall–Kier alpha value is -0.870. The third-order valence-electron chi connectivity index (χ3n) is 4.86. The van der Waals surface area contributed by atoms with Crippen molar-refractivity contribution in [3.05, 3.63) is 35.9 Å². The summed E-state index contributed by atoms with van der Waals surface area (Å²) >= 11 is 0. The fourth-order valence-electron chi connectivity index (χ4n) is 3.06. The zero-order chi connectivity index (χ0) is 18.2. The minimum atomic E-state index is -3.11. The van der Waals surface area contributed by atoms with Gasteiger partial charge in [0, 0.05) is 32.1 Å². The van der Waals surface area contributed by atoms with Gasteiger partial charge in [-0.1, -0.05) is 36.8 Å². The zero-order valence-corrected chi connectivity index (χ0v) is 18.8. The fraction of sp³-hybridized carbons (Fsp3) is 0.611. The van der Waals surface area contributed by atoms with Crippen LogP contribution < -0.4 is 15.4 Å². The van der Waals surface area contributed by atoms with Gasteiger partial charge in [0.15, 0.2) is 5.96 Å². The van der Waals surface area contributed by atoms with Gasteiger partial charge >= 0.3 is 0 Å². The van der Waals surface area contributed by atoms with Crippen molar-refractivity contribution in [3.8, 4) is 0 Å². The molecule has 0 radical (unpaired) electrons. The van der Waals surface area contributed by atoms with E-state index >= 15 is 0 Å². The number of halogens is 1. The van der Waals surface area contributed by atoms with Gasteiger partial charge in [0.05, 0.1) is 5.75 Å². The van der Waals surface area contributed by atoms with E-state index in [9.17, 15) is 8.42 Å². The predicted molar refractivity (Wildman–Crippen MR) is 119 cm³/mol. The molecule has 0 aliphatic heterocycles. The smallest absolute Gasteiger partial charge is 0.211 e. The molecule has 1 aliphatic rings. The van der Waals surface area contributed by atoms with Gasteiger partial charge in [-0.15, -0.1) is 24.0 Å². The maximum Gasteiger partial charge on any atom is 0.211 e. The van der Waals surface area contributed by atoms with Crippen LogP contribution in [0.25, 0.3) is 0 Å². The first-order valence-corrected chi connectivity index (χ1v) is 10.6. The van der Waals surface area contributed by atoms with Gasteiger partial charge in [0.2, 0.25) is 10.0 Å². The Morgan fingerprint density at radius 3 is 2.38 bits per heavy atom. The van der Waals surface area contributed by atoms with Crippen LogP contribution in [0.15, 0.2) is 35.3 Å². The molecule has 0 unspecified atom stereocenters. The minimum absolute atomic E-state index is 0. The number of aliphatic imine (C=N–C) groups is 1. The first-order valence-electron chi connectivity index (χ1n) is 8.99. The summed E-state index contributed by atoms with van der Waals surface area (Å²) in [6.07, 6.45) is 4.36. The molecule has 148 valence electrons. The molecule has 1 aromatic rings. The summed E-state index contributed by atoms with van der Waals surface area (Å²) in [6, 6.07) is 10.7. The van der Waals surface area contributed by atoms with Crippen LogP contribution in [0, 0.1) is 0 Å². The maximum atomic E-state index is 11.4. The average molecular weight is 494 g/mol. The largest absolute Gasteiger partial charge is 0.356 e. The molecular weight excluding hydrogens is 463 g/mol. The van der Waals surface area contributed by atoms with E-state index in [0.29, 0.717) is 19.5 Å². The number of guanidine groups is 1. The zero-order valence-electron chi connectivity index (χ0n) is 15.6. The van der Waals surface area contributed by atoms with Crippen LogP contribution in [-0.4, -0.2) is 46.8 Å². The van der Waals surface area contributed by atoms with Crippen LogP contribution in [0.3, 0.4) is 0 Å². The lowest BCUT2D eigenvalue weighted by Crippen LogP contribution is -2.49. The van der Waals surface area contributed by atoms with Crippen molar-refractivity contribution in [2.75, 3.05) is 32.4 Å². The van der Waals surface area contributed by atoms with Crippen molar-refractivity contribution in [1.82, 2.24) is 15.4 Å². The molecule has 0 heterocycles. The van der Waals surface area contributed by atoms with E-state index in [0.717, 1.165) is 12.5 Å². The first kappa shape index (κ1) is 23.2. The van der Waals surface area contributed by atoms with Gasteiger partial charge in [0.25, 0.3) is 0 Å². The van der Waals surface area contributed by atoms with E-state index in [4.69, 9.17) is 0 Å². The van der Waals surface area contributed by atoms with E-state index in [1.807, 2.05) is 0 Å². The SMILES string of the molecule is CCS(=O)(=O)NCCCNC(=NC)NCC1(c2ccccc2)CCC1.I. The summed E-state index contributed by atoms with van der Waals surface area (Å²) in [5.41, 5.74) is 1.59. The van der Waals surface area contributed by atoms with E-state index in [1.54, 1.807) is 14.0 Å². The normalized spacial score (nSPS) is 16.3. The van der Waals surface area contributed by atoms with Crippen LogP contribution in [0.4, 0.5) is 0 Å². The third kappa shape index (κ3) is 6.70. The summed E-state index contributed by atoms with van der Waals surface area (Å²) in [5.74, 6) is 0.881. The first-order chi connectivity index (χ1) is 12.0. The van der Waals surface area contributed by atoms with E-state index in [-0.39, 0.29) is 35.1 Å². The molecule has 6 nitrogen and oxygen atoms in total. The number of nitrogens with one attached hydrogen (secondary N) is 3. The Morgan fingerprint density at radius 2 is 1.85 bits per heavy atom. The molecule has 0 bridgehead atoms. The molecule has 0 spiro atoms. The van der Waals surface area contributed by atoms with Gasteiger partial charge in [-0.25, -0.2) is 13.1 Å². The summed E-state index contributed by atoms with van der Waals surface area (Å²) in [5, 5.41) is 6.68. The summed E-state index contributed by atoms with van der Waals surface area (Å²) in [4.78, 5) is 4.26. The number of rotatable bonds is 9. The number of benzene rings is 1. The standard InChI is InChI=1S/C18H30N4O2S.HI/c1-3-25(23,24)22-14-8-13-20-17(19-2)21-15-18(11-7-12-18)16-9-5-4-6-10-16;/h4-6,9-10,22H,3,7-8,11-15H2,1-2H3,(H2,19,20,21);1H. The topological polar surface area (TPSA) is 82.6 Å². The molecule has 1 fully saturated rings. The fourth-order valence-corrected chi connectivity index (χ4v) is 3.72. The van der Waals surface area contributed by atoms with Gasteiger partial charge in [-0.3, -0.25) is 4.99 Å². The number of nitrogens with zero attached hydrogens (tertiary/aromatic N) is 1. The minimum Gasteiger partial charge on any atom is -0.356 e. The second kappa shape index (κ2) is 11.1. The molecule has 0 aromatic heterocycles. The van der Waals surface area contributed by atoms with Crippen molar-refractivity contribution in [2.24, 2.45) is 4.99 Å². The van der Waals surface area contributed by atoms with E-state index < -0.39 is 10.0 Å². The van der Waals surface area contributed by atoms with Crippen molar-refractivity contribution >= 4 is 40.0 Å². The predicted octanol–water partition coefficient (Wildman–Crippen LogP) is 2.22. The molecule has 3 N–H and O–H groups in total. The van der Waals surface area contributed by atoms with Crippen molar-refractivity contribution < 1.29 is 8.42 Å². The Balaban J connectivity index is 0.00000338. The van der Waals surface area contributed by atoms with Gasteiger partial charge in [-0.05, 0) is 31.7 Å². The van der Waals surface area contributed by atoms with Crippen LogP contribution in [0.2, 0.25) is 0 Å². The van der Waals surface area contributed by atoms with Gasteiger partial charge < -0.3 is 10.6 Å². The summed E-state index contributed by atoms with van der Waals surface area (Å²) < 4.78 is 25.3. The highest BCUT2D eigenvalue weighted by molar-refractivity contribution is 14.0. The second-order valence-electron chi connectivity index (χ2n) is 6.50. The van der Waals surface area contributed by atoms with E-state index in [1.165, 1.54) is 24.8 Å². The van der Waals surface area contributed by atoms with Crippen LogP contribution >= 0.6 is 24.0 Å². The Bertz CT molecular complexity index is 661. The molecule has 1 aliphatic carbocycles. The van der Waals surface area contributed by atoms with Crippen LogP contribution in [0.1, 0.15) is 38.2 Å². The van der Waals surface area contributed by atoms with Gasteiger partial charge in [-0.2, -0.15) is 0 Å². The lowest BCUT2D eigenvalue weighted by atomic mass is 9.64. The summed E-state index contributed by atoms with van der Waals surface area (Å²) in [6.45, 7) is 3.60. The van der Waals surface area contributed by atoms with Crippen LogP contribution in [-0.2, 0) is 15.4 Å². The number of hydrogen-bond acceptors (Lipinski definition) is 3. The Morgan fingerprint density at radius 1 is 1.15 bits per heavy atom. The molecule has 0 saturated heterocycles. The van der Waals surface area contributed by atoms with Crippen molar-refractivity contribution in [2.45, 2.75) is 38.0 Å². The molecule has 0 atom stereocenters. The highest BCUT2D eigenvalue weighted by Crippen LogP contribution is 2.43. The van der Waals surface area contributed by atoms with Crippen molar-refractivity contribution in [3.63, 3.8) is 0 Å².